The van der Waals surface area contributed by atoms with Gasteiger partial charge >= 0.3 is 0 Å². The molecule has 0 unspecified atom stereocenters. The Hall–Kier alpha value is -1.43. The Labute approximate surface area is 87.9 Å². The third kappa shape index (κ3) is 2.33. The van der Waals surface area contributed by atoms with Gasteiger partial charge in [-0.2, -0.15) is 5.10 Å². The second-order valence-electron chi connectivity index (χ2n) is 3.89. The van der Waals surface area contributed by atoms with Crippen LogP contribution in [-0.2, 0) is 11.3 Å². The first-order valence-electron chi connectivity index (χ1n) is 5.10. The highest BCUT2D eigenvalue weighted by Gasteiger charge is 2.29. The van der Waals surface area contributed by atoms with E-state index >= 15 is 0 Å². The Morgan fingerprint density at radius 3 is 3.13 bits per heavy atom. The third-order valence-corrected chi connectivity index (χ3v) is 2.75. The number of aromatic amines is 1. The van der Waals surface area contributed by atoms with E-state index in [0.29, 0.717) is 18.3 Å². The predicted molar refractivity (Wildman–Crippen MR) is 53.8 cm³/mol. The molecule has 1 aliphatic rings. The van der Waals surface area contributed by atoms with E-state index in [4.69, 9.17) is 0 Å². The molecule has 3 N–H and O–H groups in total. The number of nitrogens with zero attached hydrogens (tertiary/aromatic N) is 2. The number of aromatic nitrogens is 3. The number of carbonyl (C=O) groups excluding carboxylic acids is 1. The third-order valence-electron chi connectivity index (χ3n) is 2.75. The van der Waals surface area contributed by atoms with Crippen LogP contribution in [0.15, 0.2) is 6.33 Å². The van der Waals surface area contributed by atoms with Gasteiger partial charge in [-0.15, -0.1) is 0 Å². The van der Waals surface area contributed by atoms with Gasteiger partial charge in [0.05, 0.1) is 12.5 Å². The molecule has 1 fully saturated rings. The van der Waals surface area contributed by atoms with Crippen LogP contribution in [0.25, 0.3) is 0 Å². The lowest BCUT2D eigenvalue weighted by Crippen LogP contribution is -2.34. The fourth-order valence-corrected chi connectivity index (χ4v) is 1.78. The highest BCUT2D eigenvalue weighted by Crippen LogP contribution is 2.15. The molecule has 2 atom stereocenters. The molecule has 0 radical (unpaired) electrons. The minimum atomic E-state index is 0.0768. The predicted octanol–water partition coefficient (Wildman–Crippen LogP) is -0.724. The van der Waals surface area contributed by atoms with Gasteiger partial charge in [0.2, 0.25) is 5.91 Å². The highest BCUT2D eigenvalue weighted by atomic mass is 16.1. The number of hydrogen-bond acceptors (Lipinski definition) is 4. The van der Waals surface area contributed by atoms with Crippen LogP contribution in [-0.4, -0.2) is 34.2 Å². The van der Waals surface area contributed by atoms with Gasteiger partial charge in [0.1, 0.15) is 12.2 Å². The molecule has 0 spiro atoms. The van der Waals surface area contributed by atoms with E-state index in [1.165, 1.54) is 6.33 Å². The van der Waals surface area contributed by atoms with E-state index in [9.17, 15) is 4.79 Å². The van der Waals surface area contributed by atoms with Gasteiger partial charge in [-0.25, -0.2) is 4.98 Å². The summed E-state index contributed by atoms with van der Waals surface area (Å²) in [5.41, 5.74) is 0. The first-order valence-corrected chi connectivity index (χ1v) is 5.10. The molecule has 0 saturated carbocycles. The average molecular weight is 209 g/mol. The Bertz CT molecular complexity index is 323. The fourth-order valence-electron chi connectivity index (χ4n) is 1.78. The van der Waals surface area contributed by atoms with Crippen LogP contribution in [0.1, 0.15) is 12.7 Å². The van der Waals surface area contributed by atoms with Crippen molar-refractivity contribution in [2.24, 2.45) is 11.8 Å². The largest absolute Gasteiger partial charge is 0.349 e. The van der Waals surface area contributed by atoms with Crippen molar-refractivity contribution in [1.82, 2.24) is 25.8 Å². The molecule has 2 rings (SSSR count). The van der Waals surface area contributed by atoms with Crippen LogP contribution in [0.3, 0.4) is 0 Å². The summed E-state index contributed by atoms with van der Waals surface area (Å²) in [6.07, 6.45) is 1.43. The number of amides is 1. The summed E-state index contributed by atoms with van der Waals surface area (Å²) in [5.74, 6) is 1.25. The topological polar surface area (TPSA) is 82.7 Å². The van der Waals surface area contributed by atoms with Gasteiger partial charge in [0, 0.05) is 6.54 Å². The molecule has 15 heavy (non-hydrogen) atoms. The van der Waals surface area contributed by atoms with Gasteiger partial charge < -0.3 is 10.6 Å². The lowest BCUT2D eigenvalue weighted by Gasteiger charge is -2.13. The molecule has 1 aromatic rings. The SMILES string of the molecule is C[C@@H]1CNC[C@H]1C(=O)NCc1ncn[nH]1. The lowest BCUT2D eigenvalue weighted by atomic mass is 9.97. The average Bonchev–Trinajstić information content (AvgIpc) is 2.84. The van der Waals surface area contributed by atoms with Gasteiger partial charge in [-0.1, -0.05) is 6.92 Å². The molecule has 1 aromatic heterocycles. The molecular weight excluding hydrogens is 194 g/mol. The van der Waals surface area contributed by atoms with Crippen molar-refractivity contribution in [2.75, 3.05) is 13.1 Å². The van der Waals surface area contributed by atoms with Gasteiger partial charge in [0.25, 0.3) is 0 Å². The quantitative estimate of drug-likeness (QED) is 0.613. The Morgan fingerprint density at radius 1 is 1.67 bits per heavy atom. The van der Waals surface area contributed by atoms with Crippen molar-refractivity contribution in [3.63, 3.8) is 0 Å². The molecule has 0 aliphatic carbocycles. The summed E-state index contributed by atoms with van der Waals surface area (Å²) in [4.78, 5) is 15.7. The van der Waals surface area contributed by atoms with Gasteiger partial charge in [-0.05, 0) is 12.5 Å². The highest BCUT2D eigenvalue weighted by molar-refractivity contribution is 5.79. The zero-order valence-electron chi connectivity index (χ0n) is 8.66. The minimum absolute atomic E-state index is 0.0768. The number of rotatable bonds is 3. The van der Waals surface area contributed by atoms with Crippen LogP contribution in [0.5, 0.6) is 0 Å². The van der Waals surface area contributed by atoms with E-state index in [-0.39, 0.29) is 11.8 Å². The molecule has 6 nitrogen and oxygen atoms in total. The standard InChI is InChI=1S/C9H15N5O/c1-6-2-10-3-7(6)9(15)11-4-8-12-5-13-14-8/h5-7,10H,2-4H2,1H3,(H,11,15)(H,12,13,14)/t6-,7-/m1/s1. The van der Waals surface area contributed by atoms with Crippen LogP contribution in [0.2, 0.25) is 0 Å². The van der Waals surface area contributed by atoms with E-state index in [0.717, 1.165) is 13.1 Å². The van der Waals surface area contributed by atoms with Crippen molar-refractivity contribution >= 4 is 5.91 Å². The molecule has 2 heterocycles. The summed E-state index contributed by atoms with van der Waals surface area (Å²) >= 11 is 0. The first kappa shape index (κ1) is 10.1. The summed E-state index contributed by atoms with van der Waals surface area (Å²) < 4.78 is 0. The molecule has 1 aliphatic heterocycles. The van der Waals surface area contributed by atoms with Crippen LogP contribution >= 0.6 is 0 Å². The second-order valence-corrected chi connectivity index (χ2v) is 3.89. The zero-order chi connectivity index (χ0) is 10.7. The van der Waals surface area contributed by atoms with E-state index in [1.807, 2.05) is 0 Å². The molecule has 0 aromatic carbocycles. The summed E-state index contributed by atoms with van der Waals surface area (Å²) in [6.45, 7) is 4.19. The van der Waals surface area contributed by atoms with Crippen molar-refractivity contribution < 1.29 is 4.79 Å². The second kappa shape index (κ2) is 4.39. The van der Waals surface area contributed by atoms with Crippen molar-refractivity contribution in [3.05, 3.63) is 12.2 Å². The first-order chi connectivity index (χ1) is 7.27. The fraction of sp³-hybridized carbons (Fsp3) is 0.667. The maximum atomic E-state index is 11.7. The zero-order valence-corrected chi connectivity index (χ0v) is 8.66. The van der Waals surface area contributed by atoms with E-state index in [1.54, 1.807) is 0 Å². The van der Waals surface area contributed by atoms with Gasteiger partial charge in [0.15, 0.2) is 0 Å². The molecule has 1 amide bonds. The van der Waals surface area contributed by atoms with Crippen molar-refractivity contribution in [3.8, 4) is 0 Å². The van der Waals surface area contributed by atoms with Crippen molar-refractivity contribution in [2.45, 2.75) is 13.5 Å². The minimum Gasteiger partial charge on any atom is -0.349 e. The summed E-state index contributed by atoms with van der Waals surface area (Å²) in [5, 5.41) is 12.5. The summed E-state index contributed by atoms with van der Waals surface area (Å²) in [6, 6.07) is 0. The monoisotopic (exact) mass is 209 g/mol. The lowest BCUT2D eigenvalue weighted by molar-refractivity contribution is -0.125. The van der Waals surface area contributed by atoms with E-state index in [2.05, 4.69) is 32.7 Å². The normalized spacial score (nSPS) is 25.4. The van der Waals surface area contributed by atoms with Gasteiger partial charge in [-0.3, -0.25) is 9.89 Å². The molecule has 1 saturated heterocycles. The summed E-state index contributed by atoms with van der Waals surface area (Å²) in [7, 11) is 0. The number of carbonyl (C=O) groups is 1. The maximum absolute atomic E-state index is 11.7. The van der Waals surface area contributed by atoms with Crippen LogP contribution in [0.4, 0.5) is 0 Å². The molecular formula is C9H15N5O. The number of hydrogen-bond donors (Lipinski definition) is 3. The van der Waals surface area contributed by atoms with Crippen molar-refractivity contribution in [1.29, 1.82) is 0 Å². The Morgan fingerprint density at radius 2 is 2.53 bits per heavy atom. The Kier molecular flexibility index (Phi) is 2.96. The smallest absolute Gasteiger partial charge is 0.225 e. The number of H-pyrrole nitrogens is 1. The number of nitrogens with one attached hydrogen (secondary N) is 3. The maximum Gasteiger partial charge on any atom is 0.225 e. The van der Waals surface area contributed by atoms with Crippen LogP contribution in [0, 0.1) is 11.8 Å². The van der Waals surface area contributed by atoms with Crippen LogP contribution < -0.4 is 10.6 Å². The Balaban J connectivity index is 1.82. The molecule has 0 bridgehead atoms. The van der Waals surface area contributed by atoms with E-state index < -0.39 is 0 Å². The molecule has 6 heteroatoms. The molecule has 82 valence electrons.